The lowest BCUT2D eigenvalue weighted by molar-refractivity contribution is 0.627. The molecule has 2 rings (SSSR count). The van der Waals surface area contributed by atoms with Gasteiger partial charge in [-0.15, -0.1) is 0 Å². The first kappa shape index (κ1) is 12.3. The fourth-order valence-corrected chi connectivity index (χ4v) is 2.07. The van der Waals surface area contributed by atoms with E-state index in [9.17, 15) is 4.79 Å². The normalized spacial score (nSPS) is 10.5. The molecule has 0 aliphatic rings. The SMILES string of the molecule is O=c1ccc(-c2ccccc2Cl)nn1CCBr. The van der Waals surface area contributed by atoms with E-state index in [4.69, 9.17) is 11.6 Å². The Morgan fingerprint density at radius 2 is 2.00 bits per heavy atom. The van der Waals surface area contributed by atoms with E-state index in [1.807, 2.05) is 18.2 Å². The van der Waals surface area contributed by atoms with E-state index >= 15 is 0 Å². The minimum Gasteiger partial charge on any atom is -0.268 e. The minimum absolute atomic E-state index is 0.111. The third-order valence-corrected chi connectivity index (χ3v) is 3.00. The minimum atomic E-state index is -0.111. The van der Waals surface area contributed by atoms with Gasteiger partial charge in [-0.3, -0.25) is 4.79 Å². The maximum Gasteiger partial charge on any atom is 0.266 e. The molecule has 0 amide bonds. The number of halogens is 2. The molecule has 0 atom stereocenters. The van der Waals surface area contributed by atoms with Crippen LogP contribution in [0.5, 0.6) is 0 Å². The van der Waals surface area contributed by atoms with Gasteiger partial charge in [-0.1, -0.05) is 45.7 Å². The maximum atomic E-state index is 11.5. The topological polar surface area (TPSA) is 34.9 Å². The molecule has 0 radical (unpaired) electrons. The molecular formula is C12H10BrClN2O. The zero-order valence-electron chi connectivity index (χ0n) is 8.94. The molecule has 1 aromatic heterocycles. The molecule has 3 nitrogen and oxygen atoms in total. The summed E-state index contributed by atoms with van der Waals surface area (Å²) in [5, 5.41) is 5.60. The lowest BCUT2D eigenvalue weighted by atomic mass is 10.1. The predicted molar refractivity (Wildman–Crippen MR) is 72.7 cm³/mol. The van der Waals surface area contributed by atoms with Crippen molar-refractivity contribution >= 4 is 27.5 Å². The Morgan fingerprint density at radius 1 is 1.24 bits per heavy atom. The molecular weight excluding hydrogens is 304 g/mol. The second kappa shape index (κ2) is 5.47. The summed E-state index contributed by atoms with van der Waals surface area (Å²) in [6, 6.07) is 10.6. The van der Waals surface area contributed by atoms with E-state index in [2.05, 4.69) is 21.0 Å². The number of hydrogen-bond donors (Lipinski definition) is 0. The quantitative estimate of drug-likeness (QED) is 0.817. The number of hydrogen-bond acceptors (Lipinski definition) is 2. The Bertz CT molecular complexity index is 583. The van der Waals surface area contributed by atoms with Crippen LogP contribution in [0, 0.1) is 0 Å². The van der Waals surface area contributed by atoms with Crippen LogP contribution in [-0.4, -0.2) is 15.1 Å². The van der Waals surface area contributed by atoms with Crippen LogP contribution in [0.4, 0.5) is 0 Å². The van der Waals surface area contributed by atoms with Gasteiger partial charge in [0, 0.05) is 17.0 Å². The molecule has 0 unspecified atom stereocenters. The summed E-state index contributed by atoms with van der Waals surface area (Å²) in [6.07, 6.45) is 0. The molecule has 1 heterocycles. The lowest BCUT2D eigenvalue weighted by Gasteiger charge is -2.06. The van der Waals surface area contributed by atoms with Crippen LogP contribution < -0.4 is 5.56 Å². The zero-order chi connectivity index (χ0) is 12.3. The predicted octanol–water partition coefficient (Wildman–Crippen LogP) is 2.96. The van der Waals surface area contributed by atoms with Gasteiger partial charge in [0.1, 0.15) is 0 Å². The molecule has 0 fully saturated rings. The highest BCUT2D eigenvalue weighted by Crippen LogP contribution is 2.24. The van der Waals surface area contributed by atoms with Gasteiger partial charge in [0.05, 0.1) is 17.3 Å². The Balaban J connectivity index is 2.50. The van der Waals surface area contributed by atoms with Crippen LogP contribution in [0.1, 0.15) is 0 Å². The molecule has 5 heteroatoms. The third kappa shape index (κ3) is 2.76. The van der Waals surface area contributed by atoms with Crippen molar-refractivity contribution in [3.8, 4) is 11.3 Å². The number of aryl methyl sites for hydroxylation is 1. The van der Waals surface area contributed by atoms with Gasteiger partial charge in [0.15, 0.2) is 0 Å². The van der Waals surface area contributed by atoms with Crippen LogP contribution in [-0.2, 0) is 6.54 Å². The van der Waals surface area contributed by atoms with Gasteiger partial charge in [-0.25, -0.2) is 4.68 Å². The van der Waals surface area contributed by atoms with Gasteiger partial charge in [0.25, 0.3) is 5.56 Å². The molecule has 0 bridgehead atoms. The Morgan fingerprint density at radius 3 is 2.71 bits per heavy atom. The van der Waals surface area contributed by atoms with Crippen molar-refractivity contribution in [1.29, 1.82) is 0 Å². The summed E-state index contributed by atoms with van der Waals surface area (Å²) in [7, 11) is 0. The average molecular weight is 314 g/mol. The first-order chi connectivity index (χ1) is 8.22. The highest BCUT2D eigenvalue weighted by Gasteiger charge is 2.06. The van der Waals surface area contributed by atoms with Crippen molar-refractivity contribution in [3.63, 3.8) is 0 Å². The molecule has 1 aromatic carbocycles. The van der Waals surface area contributed by atoms with Crippen molar-refractivity contribution in [2.45, 2.75) is 6.54 Å². The summed E-state index contributed by atoms with van der Waals surface area (Å²) in [5.74, 6) is 0. The van der Waals surface area contributed by atoms with Gasteiger partial charge < -0.3 is 0 Å². The standard InChI is InChI=1S/C12H10BrClN2O/c13-7-8-16-12(17)6-5-11(15-16)9-3-1-2-4-10(9)14/h1-6H,7-8H2. The number of benzene rings is 1. The third-order valence-electron chi connectivity index (χ3n) is 2.31. The Hall–Kier alpha value is -1.13. The van der Waals surface area contributed by atoms with Crippen LogP contribution in [0.15, 0.2) is 41.2 Å². The number of alkyl halides is 1. The summed E-state index contributed by atoms with van der Waals surface area (Å²) in [4.78, 5) is 11.5. The van der Waals surface area contributed by atoms with Crippen LogP contribution in [0.2, 0.25) is 5.02 Å². The van der Waals surface area contributed by atoms with E-state index in [0.717, 1.165) is 5.56 Å². The van der Waals surface area contributed by atoms with E-state index in [0.29, 0.717) is 22.6 Å². The highest BCUT2D eigenvalue weighted by molar-refractivity contribution is 9.09. The first-order valence-electron chi connectivity index (χ1n) is 5.11. The van der Waals surface area contributed by atoms with Crippen molar-refractivity contribution in [3.05, 3.63) is 51.8 Å². The molecule has 0 aliphatic heterocycles. The fourth-order valence-electron chi connectivity index (χ4n) is 1.50. The number of rotatable bonds is 3. The Kier molecular flexibility index (Phi) is 3.97. The second-order valence-corrected chi connectivity index (χ2v) is 4.65. The van der Waals surface area contributed by atoms with Gasteiger partial charge in [-0.2, -0.15) is 5.10 Å². The molecule has 2 aromatic rings. The van der Waals surface area contributed by atoms with E-state index in [1.165, 1.54) is 10.7 Å². The second-order valence-electron chi connectivity index (χ2n) is 3.45. The van der Waals surface area contributed by atoms with Crippen molar-refractivity contribution < 1.29 is 0 Å². The lowest BCUT2D eigenvalue weighted by Crippen LogP contribution is -2.22. The molecule has 0 N–H and O–H groups in total. The largest absolute Gasteiger partial charge is 0.268 e. The zero-order valence-corrected chi connectivity index (χ0v) is 11.3. The van der Waals surface area contributed by atoms with Gasteiger partial charge in [0.2, 0.25) is 0 Å². The van der Waals surface area contributed by atoms with E-state index in [-0.39, 0.29) is 5.56 Å². The molecule has 0 saturated heterocycles. The summed E-state index contributed by atoms with van der Waals surface area (Å²) >= 11 is 9.38. The summed E-state index contributed by atoms with van der Waals surface area (Å²) in [5.41, 5.74) is 1.42. The van der Waals surface area contributed by atoms with Gasteiger partial charge in [-0.05, 0) is 12.1 Å². The number of aromatic nitrogens is 2. The van der Waals surface area contributed by atoms with Gasteiger partial charge >= 0.3 is 0 Å². The summed E-state index contributed by atoms with van der Waals surface area (Å²) < 4.78 is 1.42. The van der Waals surface area contributed by atoms with Crippen LogP contribution in [0.3, 0.4) is 0 Å². The van der Waals surface area contributed by atoms with Crippen molar-refractivity contribution in [1.82, 2.24) is 9.78 Å². The van der Waals surface area contributed by atoms with E-state index in [1.54, 1.807) is 12.1 Å². The van der Waals surface area contributed by atoms with Crippen LogP contribution in [0.25, 0.3) is 11.3 Å². The molecule has 17 heavy (non-hydrogen) atoms. The molecule has 0 saturated carbocycles. The molecule has 0 spiro atoms. The summed E-state index contributed by atoms with van der Waals surface area (Å²) in [6.45, 7) is 0.539. The smallest absolute Gasteiger partial charge is 0.266 e. The average Bonchev–Trinajstić information content (AvgIpc) is 2.33. The Labute approximate surface area is 112 Å². The van der Waals surface area contributed by atoms with E-state index < -0.39 is 0 Å². The first-order valence-corrected chi connectivity index (χ1v) is 6.61. The maximum absolute atomic E-state index is 11.5. The monoisotopic (exact) mass is 312 g/mol. The molecule has 0 aliphatic carbocycles. The molecule has 88 valence electrons. The van der Waals surface area contributed by atoms with Crippen molar-refractivity contribution in [2.75, 3.05) is 5.33 Å². The fraction of sp³-hybridized carbons (Fsp3) is 0.167. The van der Waals surface area contributed by atoms with Crippen molar-refractivity contribution in [2.24, 2.45) is 0 Å². The highest BCUT2D eigenvalue weighted by atomic mass is 79.9. The number of nitrogens with zero attached hydrogens (tertiary/aromatic N) is 2. The van der Waals surface area contributed by atoms with Crippen LogP contribution >= 0.6 is 27.5 Å².